The smallest absolute Gasteiger partial charge is 0.230 e. The van der Waals surface area contributed by atoms with Crippen LogP contribution in [0.4, 0.5) is 0 Å². The molecule has 0 aromatic heterocycles. The van der Waals surface area contributed by atoms with Gasteiger partial charge in [0.1, 0.15) is 0 Å². The summed E-state index contributed by atoms with van der Waals surface area (Å²) in [6.45, 7) is 3.97. The Morgan fingerprint density at radius 2 is 1.96 bits per heavy atom. The SMILES string of the molecule is CN=C(NCC1CCCN(C)C1)NCC1(C(=O)N(C)C)CCCC1. The van der Waals surface area contributed by atoms with Crippen LogP contribution in [0.2, 0.25) is 0 Å². The lowest BCUT2D eigenvalue weighted by atomic mass is 9.84. The predicted octanol–water partition coefficient (Wildman–Crippen LogP) is 1.14. The van der Waals surface area contributed by atoms with Crippen molar-refractivity contribution < 1.29 is 4.79 Å². The number of guanidine groups is 1. The van der Waals surface area contributed by atoms with E-state index in [1.165, 1.54) is 19.4 Å². The number of piperidine rings is 1. The van der Waals surface area contributed by atoms with Crippen LogP contribution >= 0.6 is 0 Å². The molecule has 24 heavy (non-hydrogen) atoms. The molecule has 1 heterocycles. The van der Waals surface area contributed by atoms with Crippen LogP contribution in [0, 0.1) is 11.3 Å². The quantitative estimate of drug-likeness (QED) is 0.583. The molecule has 2 aliphatic rings. The second kappa shape index (κ2) is 8.70. The van der Waals surface area contributed by atoms with Crippen molar-refractivity contribution in [3.8, 4) is 0 Å². The molecule has 0 radical (unpaired) electrons. The van der Waals surface area contributed by atoms with E-state index in [2.05, 4.69) is 27.6 Å². The molecule has 2 fully saturated rings. The zero-order valence-corrected chi connectivity index (χ0v) is 15.9. The molecule has 1 aliphatic heterocycles. The molecule has 0 aromatic carbocycles. The van der Waals surface area contributed by atoms with Gasteiger partial charge in [0.15, 0.2) is 5.96 Å². The van der Waals surface area contributed by atoms with Crippen molar-refractivity contribution >= 4 is 11.9 Å². The Labute approximate surface area is 147 Å². The molecule has 1 unspecified atom stereocenters. The summed E-state index contributed by atoms with van der Waals surface area (Å²) < 4.78 is 0. The van der Waals surface area contributed by atoms with Crippen molar-refractivity contribution in [1.29, 1.82) is 0 Å². The molecular formula is C18H35N5O. The molecule has 0 aromatic rings. The third-order valence-corrected chi connectivity index (χ3v) is 5.52. The van der Waals surface area contributed by atoms with E-state index in [1.807, 2.05) is 14.1 Å². The van der Waals surface area contributed by atoms with E-state index in [-0.39, 0.29) is 11.3 Å². The summed E-state index contributed by atoms with van der Waals surface area (Å²) in [6.07, 6.45) is 6.78. The standard InChI is InChI=1S/C18H35N5O/c1-19-17(20-12-15-8-7-11-23(4)13-15)21-14-18(9-5-6-10-18)16(24)22(2)3/h15H,5-14H2,1-4H3,(H2,19,20,21). The van der Waals surface area contributed by atoms with Crippen LogP contribution in [-0.2, 0) is 4.79 Å². The summed E-state index contributed by atoms with van der Waals surface area (Å²) in [5.41, 5.74) is -0.258. The van der Waals surface area contributed by atoms with Crippen LogP contribution in [0.25, 0.3) is 0 Å². The van der Waals surface area contributed by atoms with E-state index < -0.39 is 0 Å². The van der Waals surface area contributed by atoms with E-state index in [0.29, 0.717) is 12.5 Å². The summed E-state index contributed by atoms with van der Waals surface area (Å²) >= 11 is 0. The first-order valence-corrected chi connectivity index (χ1v) is 9.32. The number of hydrogen-bond acceptors (Lipinski definition) is 3. The van der Waals surface area contributed by atoms with E-state index in [9.17, 15) is 4.79 Å². The zero-order chi connectivity index (χ0) is 17.6. The lowest BCUT2D eigenvalue weighted by molar-refractivity contribution is -0.138. The highest BCUT2D eigenvalue weighted by Gasteiger charge is 2.42. The minimum atomic E-state index is -0.258. The highest BCUT2D eigenvalue weighted by atomic mass is 16.2. The molecule has 0 bridgehead atoms. The zero-order valence-electron chi connectivity index (χ0n) is 15.9. The molecule has 138 valence electrons. The molecule has 0 spiro atoms. The second-order valence-corrected chi connectivity index (χ2v) is 7.76. The van der Waals surface area contributed by atoms with E-state index >= 15 is 0 Å². The molecule has 1 aliphatic carbocycles. The van der Waals surface area contributed by atoms with Crippen molar-refractivity contribution in [1.82, 2.24) is 20.4 Å². The summed E-state index contributed by atoms with van der Waals surface area (Å²) in [5.74, 6) is 1.74. The minimum Gasteiger partial charge on any atom is -0.356 e. The normalized spacial score (nSPS) is 24.7. The Kier molecular flexibility index (Phi) is 6.90. The van der Waals surface area contributed by atoms with Gasteiger partial charge in [-0.3, -0.25) is 9.79 Å². The van der Waals surface area contributed by atoms with Crippen LogP contribution < -0.4 is 10.6 Å². The average Bonchev–Trinajstić information content (AvgIpc) is 3.04. The van der Waals surface area contributed by atoms with Gasteiger partial charge in [-0.2, -0.15) is 0 Å². The van der Waals surface area contributed by atoms with Gasteiger partial charge < -0.3 is 20.4 Å². The summed E-state index contributed by atoms with van der Waals surface area (Å²) in [7, 11) is 7.71. The molecule has 2 rings (SSSR count). The van der Waals surface area contributed by atoms with Crippen LogP contribution in [0.15, 0.2) is 4.99 Å². The van der Waals surface area contributed by atoms with Crippen LogP contribution in [0.1, 0.15) is 38.5 Å². The second-order valence-electron chi connectivity index (χ2n) is 7.76. The summed E-state index contributed by atoms with van der Waals surface area (Å²) in [5, 5.41) is 6.87. The first-order chi connectivity index (χ1) is 11.5. The summed E-state index contributed by atoms with van der Waals surface area (Å²) in [4.78, 5) is 21.1. The van der Waals surface area contributed by atoms with Gasteiger partial charge in [0, 0.05) is 40.8 Å². The average molecular weight is 338 g/mol. The van der Waals surface area contributed by atoms with Crippen molar-refractivity contribution in [2.75, 3.05) is 54.4 Å². The number of hydrogen-bond donors (Lipinski definition) is 2. The topological polar surface area (TPSA) is 60.0 Å². The molecule has 1 amide bonds. The van der Waals surface area contributed by atoms with Crippen LogP contribution in [-0.4, -0.2) is 76.0 Å². The number of likely N-dealkylation sites (tertiary alicyclic amines) is 1. The predicted molar refractivity (Wildman–Crippen MR) is 99.2 cm³/mol. The van der Waals surface area contributed by atoms with Crippen molar-refractivity contribution in [2.45, 2.75) is 38.5 Å². The van der Waals surface area contributed by atoms with E-state index in [4.69, 9.17) is 0 Å². The van der Waals surface area contributed by atoms with Gasteiger partial charge in [-0.1, -0.05) is 12.8 Å². The van der Waals surface area contributed by atoms with E-state index in [0.717, 1.165) is 44.7 Å². The largest absolute Gasteiger partial charge is 0.356 e. The fourth-order valence-corrected chi connectivity index (χ4v) is 4.15. The molecule has 1 saturated heterocycles. The Hall–Kier alpha value is -1.30. The molecule has 2 N–H and O–H groups in total. The molecular weight excluding hydrogens is 302 g/mol. The number of rotatable bonds is 5. The van der Waals surface area contributed by atoms with Crippen molar-refractivity contribution in [2.24, 2.45) is 16.3 Å². The monoisotopic (exact) mass is 337 g/mol. The van der Waals surface area contributed by atoms with Crippen LogP contribution in [0.3, 0.4) is 0 Å². The number of nitrogens with zero attached hydrogens (tertiary/aromatic N) is 3. The first kappa shape index (κ1) is 19.0. The maximum Gasteiger partial charge on any atom is 0.230 e. The van der Waals surface area contributed by atoms with Gasteiger partial charge in [-0.25, -0.2) is 0 Å². The van der Waals surface area contributed by atoms with Gasteiger partial charge in [0.2, 0.25) is 5.91 Å². The Bertz CT molecular complexity index is 443. The Morgan fingerprint density at radius 1 is 1.25 bits per heavy atom. The number of aliphatic imine (C=N–C) groups is 1. The van der Waals surface area contributed by atoms with Crippen LogP contribution in [0.5, 0.6) is 0 Å². The number of carbonyl (C=O) groups is 1. The Morgan fingerprint density at radius 3 is 2.54 bits per heavy atom. The molecule has 1 atom stereocenters. The van der Waals surface area contributed by atoms with Crippen molar-refractivity contribution in [3.63, 3.8) is 0 Å². The molecule has 1 saturated carbocycles. The number of carbonyl (C=O) groups excluding carboxylic acids is 1. The Balaban J connectivity index is 1.84. The fraction of sp³-hybridized carbons (Fsp3) is 0.889. The maximum atomic E-state index is 12.6. The van der Waals surface area contributed by atoms with E-state index in [1.54, 1.807) is 11.9 Å². The number of amides is 1. The van der Waals surface area contributed by atoms with Crippen molar-refractivity contribution in [3.05, 3.63) is 0 Å². The molecule has 6 nitrogen and oxygen atoms in total. The third-order valence-electron chi connectivity index (χ3n) is 5.52. The first-order valence-electron chi connectivity index (χ1n) is 9.32. The highest BCUT2D eigenvalue weighted by molar-refractivity contribution is 5.85. The highest BCUT2D eigenvalue weighted by Crippen LogP contribution is 2.38. The molecule has 6 heteroatoms. The summed E-state index contributed by atoms with van der Waals surface area (Å²) in [6, 6.07) is 0. The van der Waals surface area contributed by atoms with Gasteiger partial charge in [-0.15, -0.1) is 0 Å². The lowest BCUT2D eigenvalue weighted by Gasteiger charge is -2.32. The third kappa shape index (κ3) is 4.85. The van der Waals surface area contributed by atoms with Gasteiger partial charge in [0.25, 0.3) is 0 Å². The van der Waals surface area contributed by atoms with Gasteiger partial charge >= 0.3 is 0 Å². The maximum absolute atomic E-state index is 12.6. The minimum absolute atomic E-state index is 0.247. The lowest BCUT2D eigenvalue weighted by Crippen LogP contribution is -2.50. The number of nitrogens with one attached hydrogen (secondary N) is 2. The van der Waals surface area contributed by atoms with Gasteiger partial charge in [0.05, 0.1) is 5.41 Å². The van der Waals surface area contributed by atoms with Gasteiger partial charge in [-0.05, 0) is 45.2 Å². The fourth-order valence-electron chi connectivity index (χ4n) is 4.15.